The van der Waals surface area contributed by atoms with Crippen molar-refractivity contribution in [3.05, 3.63) is 160 Å². The third kappa shape index (κ3) is 21.2. The Morgan fingerprint density at radius 1 is 0.754 bits per heavy atom. The zero-order valence-electron chi connectivity index (χ0n) is 67.0. The molecule has 11 amide bonds. The summed E-state index contributed by atoms with van der Waals surface area (Å²) >= 11 is 4.29. The lowest BCUT2D eigenvalue weighted by molar-refractivity contribution is -0.149. The normalized spacial score (nSPS) is 25.0. The monoisotopic (exact) mass is 1780 g/mol. The SMILES string of the molecule is C=C(NC(=O)C(=C)NC(=O)c1csc(C2=NC3c4csc(n4)C4NC(=O)c5csc(n5)C(C(C)(O)C(C)O)NC(=O)C5CSC(=N5)/C(=C\C)NC(=O)C(C(C)O)NC(=O)c5csc(n5)C3(CC2)NC(=O)C(C)NC(=O)C(=C)NC(=O)C(=C)NC(=O)C(C(C)C)NC2C=Cc3c(C(C)OC(=O)CCCCC(=O)O)cc(nc3C2O)C(=O)OC4C)n1)C(N)=O. The predicted molar refractivity (Wildman–Crippen MR) is 443 cm³/mol. The van der Waals surface area contributed by atoms with E-state index in [-0.39, 0.29) is 115 Å². The lowest BCUT2D eigenvalue weighted by Crippen LogP contribution is -2.57. The number of allylic oxidation sites excluding steroid dienone is 1. The second kappa shape index (κ2) is 38.9. The van der Waals surface area contributed by atoms with Crippen molar-refractivity contribution in [2.24, 2.45) is 21.6 Å². The molecule has 15 unspecified atom stereocenters. The lowest BCUT2D eigenvalue weighted by atomic mass is 9.80. The van der Waals surface area contributed by atoms with Crippen LogP contribution >= 0.6 is 57.1 Å². The molecule has 0 aromatic carbocycles. The number of carbonyl (C=O) groups excluding carboxylic acids is 13. The molecule has 9 heterocycles. The number of nitrogens with two attached hydrogens (primary N) is 1. The number of aromatic nitrogens is 5. The summed E-state index contributed by atoms with van der Waals surface area (Å²) in [6, 6.07) is -10.7. The van der Waals surface area contributed by atoms with Crippen molar-refractivity contribution in [2.45, 2.75) is 191 Å². The molecule has 45 heteroatoms. The Labute approximate surface area is 716 Å². The molecule has 10 rings (SSSR count). The van der Waals surface area contributed by atoms with Crippen LogP contribution in [-0.2, 0) is 63.0 Å². The van der Waals surface area contributed by atoms with Gasteiger partial charge in [0, 0.05) is 51.2 Å². The van der Waals surface area contributed by atoms with Crippen molar-refractivity contribution in [2.75, 3.05) is 5.75 Å². The van der Waals surface area contributed by atoms with Crippen LogP contribution in [0.4, 0.5) is 0 Å². The van der Waals surface area contributed by atoms with Gasteiger partial charge < -0.3 is 93.9 Å². The van der Waals surface area contributed by atoms with Gasteiger partial charge in [0.15, 0.2) is 0 Å². The molecule has 5 aromatic rings. The van der Waals surface area contributed by atoms with Crippen LogP contribution < -0.4 is 64.2 Å². The van der Waals surface area contributed by atoms with Crippen molar-refractivity contribution in [1.82, 2.24) is 83.4 Å². The number of amides is 11. The molecular weight excluding hydrogens is 1690 g/mol. The van der Waals surface area contributed by atoms with E-state index in [0.29, 0.717) is 0 Å². The highest BCUT2D eigenvalue weighted by Gasteiger charge is 2.51. The molecule has 40 nitrogen and oxygen atoms in total. The molecule has 4 aliphatic heterocycles. The number of unbranched alkanes of at least 4 members (excludes halogenated alkanes) is 1. The highest BCUT2D eigenvalue weighted by molar-refractivity contribution is 8.14. The molecule has 122 heavy (non-hydrogen) atoms. The number of carbonyl (C=O) groups is 14. The number of aliphatic hydroxyl groups excluding tert-OH is 3. The third-order valence-electron chi connectivity index (χ3n) is 20.0. The number of nitrogens with one attached hydrogen (secondary N) is 11. The van der Waals surface area contributed by atoms with E-state index in [4.69, 9.17) is 30.2 Å². The number of thioether (sulfide) groups is 1. The number of carboxylic acid groups (broad SMARTS) is 1. The summed E-state index contributed by atoms with van der Waals surface area (Å²) in [7, 11) is 0. The Morgan fingerprint density at radius 2 is 1.43 bits per heavy atom. The molecule has 0 spiro atoms. The summed E-state index contributed by atoms with van der Waals surface area (Å²) in [6.45, 7) is 26.9. The first kappa shape index (κ1) is 92.5. The van der Waals surface area contributed by atoms with Crippen LogP contribution in [0.3, 0.4) is 0 Å². The third-order valence-corrected chi connectivity index (χ3v) is 24.9. The molecule has 1 aliphatic carbocycles. The second-order valence-electron chi connectivity index (χ2n) is 29.4. The summed E-state index contributed by atoms with van der Waals surface area (Å²) < 4.78 is 12.2. The van der Waals surface area contributed by atoms with Crippen LogP contribution in [0.15, 0.2) is 105 Å². The molecule has 18 N–H and O–H groups in total. The number of primary amides is 1. The van der Waals surface area contributed by atoms with Gasteiger partial charge in [0.25, 0.3) is 41.4 Å². The Hall–Kier alpha value is -11.8. The van der Waals surface area contributed by atoms with E-state index < -0.39 is 213 Å². The molecule has 5 aromatic heterocycles. The van der Waals surface area contributed by atoms with Crippen molar-refractivity contribution in [1.29, 1.82) is 0 Å². The number of aliphatic hydroxyl groups is 4. The first-order valence-corrected chi connectivity index (χ1v) is 42.3. The second-order valence-corrected chi connectivity index (χ2v) is 33.9. The minimum atomic E-state index is -2.24. The fourth-order valence-electron chi connectivity index (χ4n) is 12.9. The molecular formula is C77H89N19O21S5. The maximum atomic E-state index is 15.4. The Morgan fingerprint density at radius 3 is 2.11 bits per heavy atom. The van der Waals surface area contributed by atoms with Gasteiger partial charge in [-0.2, -0.15) is 0 Å². The quantitative estimate of drug-likeness (QED) is 0.0358. The van der Waals surface area contributed by atoms with E-state index in [0.717, 1.165) is 57.1 Å². The van der Waals surface area contributed by atoms with Crippen LogP contribution in [0.1, 0.15) is 216 Å². The topological polar surface area (TPSA) is 606 Å². The first-order valence-electron chi connectivity index (χ1n) is 37.8. The van der Waals surface area contributed by atoms with Gasteiger partial charge in [-0.25, -0.2) is 29.7 Å². The maximum Gasteiger partial charge on any atom is 0.357 e. The van der Waals surface area contributed by atoms with Gasteiger partial charge in [0.2, 0.25) is 23.6 Å². The fourth-order valence-corrected chi connectivity index (χ4v) is 17.8. The Kier molecular flexibility index (Phi) is 29.5. The number of hydrogen-bond donors (Lipinski definition) is 17. The van der Waals surface area contributed by atoms with Crippen LogP contribution in [0.25, 0.3) is 6.08 Å². The van der Waals surface area contributed by atoms with Crippen LogP contribution in [-0.4, -0.2) is 204 Å². The molecule has 0 radical (unpaired) electrons. The standard InChI is InChI=1S/C77H89N19O21S5/c1-14-41-70-89-48(26-118-70)67(111)95-58(76(13,115)38(12)98)73-91-47(27-121-73)65(109)94-54-37(11)117-74(114)44-23-40(36(10)116-51(101)18-16-15-17-50(99)100)39-19-20-42(56(102)55(39)85-44)84-52(29(2)3)68(112)83-33(7)62(106)80-31(5)61(105)81-34(8)63(107)96-77(75-92-49(28-122-75)66(110)93-53(35(9)97)69(113)87-41)22-21-43(86-57(77)45-24-120-72(54)88-45)71-90-46(25-119-71)64(108)82-32(6)60(104)79-30(4)59(78)103/h14,19-20,23-25,27-29,34-38,42,48,52-54,56-58,84,97-98,102,115H,4-7,15-18,21-22,26H2,1-3,8-13H3,(H2,78,103)(H,79,104)(H,80,106)(H,81,105)(H,82,108)(H,83,112)(H,87,113)(H,93,110)(H,94,109)(H,95,111)(H,96,107)(H,99,100)/b41-14+. The maximum absolute atomic E-state index is 15.4. The van der Waals surface area contributed by atoms with Gasteiger partial charge in [0.1, 0.15) is 114 Å². The van der Waals surface area contributed by atoms with Crippen LogP contribution in [0.2, 0.25) is 0 Å². The summed E-state index contributed by atoms with van der Waals surface area (Å²) in [5, 5.41) is 89.7. The van der Waals surface area contributed by atoms with Gasteiger partial charge in [-0.05, 0) is 86.1 Å². The number of pyridine rings is 1. The predicted octanol–water partition coefficient (Wildman–Crippen LogP) is 1.70. The Bertz CT molecular complexity index is 5250. The minimum Gasteiger partial charge on any atom is -0.481 e. The number of hydrogen-bond acceptors (Lipinski definition) is 33. The van der Waals surface area contributed by atoms with Gasteiger partial charge >= 0.3 is 17.9 Å². The number of thiazole rings is 4. The average Bonchev–Trinajstić information content (AvgIpc) is 1.53. The highest BCUT2D eigenvalue weighted by atomic mass is 32.2. The van der Waals surface area contributed by atoms with Crippen molar-refractivity contribution >= 4 is 157 Å². The molecule has 0 saturated carbocycles. The van der Waals surface area contributed by atoms with Gasteiger partial charge in [-0.3, -0.25) is 77.6 Å². The van der Waals surface area contributed by atoms with Crippen molar-refractivity contribution < 1.29 is 102 Å². The summed E-state index contributed by atoms with van der Waals surface area (Å²) in [5.41, 5.74) is -3.06. The Balaban J connectivity index is 1.18. The van der Waals surface area contributed by atoms with Gasteiger partial charge in [0.05, 0.1) is 69.9 Å². The van der Waals surface area contributed by atoms with Crippen LogP contribution in [0.5, 0.6) is 0 Å². The number of carboxylic acids is 1. The number of aliphatic imine (C=N–C) groups is 2. The van der Waals surface area contributed by atoms with Crippen molar-refractivity contribution in [3.63, 3.8) is 0 Å². The average molecular weight is 1780 g/mol. The summed E-state index contributed by atoms with van der Waals surface area (Å²) in [6.07, 6.45) is -4.19. The number of cyclic esters (lactones) is 1. The van der Waals surface area contributed by atoms with Crippen LogP contribution in [0, 0.1) is 5.92 Å². The van der Waals surface area contributed by atoms with E-state index in [1.165, 1.54) is 94.3 Å². The summed E-state index contributed by atoms with van der Waals surface area (Å²) in [5.74, 6) is -14.9. The number of nitrogens with zero attached hydrogens (tertiary/aromatic N) is 7. The molecule has 13 bridgehead atoms. The smallest absolute Gasteiger partial charge is 0.357 e. The number of rotatable bonds is 17. The van der Waals surface area contributed by atoms with Gasteiger partial charge in [-0.1, -0.05) is 58.4 Å². The number of esters is 2. The minimum absolute atomic E-state index is 0.0395. The highest BCUT2D eigenvalue weighted by Crippen LogP contribution is 2.48. The number of aliphatic carboxylic acids is 1. The molecule has 648 valence electrons. The summed E-state index contributed by atoms with van der Waals surface area (Å²) in [4.78, 5) is 229. The van der Waals surface area contributed by atoms with E-state index in [9.17, 15) is 78.3 Å². The largest absolute Gasteiger partial charge is 0.481 e. The zero-order valence-corrected chi connectivity index (χ0v) is 71.1. The molecule has 15 atom stereocenters. The lowest BCUT2D eigenvalue weighted by Gasteiger charge is -2.41. The first-order chi connectivity index (χ1) is 57.5. The zero-order chi connectivity index (χ0) is 89.4. The number of ether oxygens (including phenoxy) is 2. The fraction of sp³-hybridized carbons (Fsp3) is 0.416. The van der Waals surface area contributed by atoms with E-state index in [2.05, 4.69) is 105 Å². The number of fused-ring (bicyclic) bond motifs is 7. The van der Waals surface area contributed by atoms with E-state index in [1.54, 1.807) is 13.8 Å². The molecule has 0 saturated heterocycles. The van der Waals surface area contributed by atoms with E-state index >= 15 is 14.4 Å². The van der Waals surface area contributed by atoms with Crippen molar-refractivity contribution in [3.8, 4) is 0 Å². The molecule has 5 aliphatic rings. The van der Waals surface area contributed by atoms with E-state index in [1.807, 2.05) is 0 Å². The molecule has 0 fully saturated rings. The van der Waals surface area contributed by atoms with Gasteiger partial charge in [-0.15, -0.1) is 57.1 Å².